The molecule has 0 aliphatic carbocycles. The Morgan fingerprint density at radius 1 is 1.27 bits per heavy atom. The van der Waals surface area contributed by atoms with Crippen LogP contribution in [0.25, 0.3) is 10.9 Å². The van der Waals surface area contributed by atoms with Crippen molar-refractivity contribution in [2.75, 3.05) is 45.2 Å². The third kappa shape index (κ3) is 5.41. The highest BCUT2D eigenvalue weighted by molar-refractivity contribution is 5.94. The summed E-state index contributed by atoms with van der Waals surface area (Å²) in [7, 11) is 3.86. The van der Waals surface area contributed by atoms with Gasteiger partial charge in [-0.1, -0.05) is 6.92 Å². The van der Waals surface area contributed by atoms with E-state index in [9.17, 15) is 18.0 Å². The van der Waals surface area contributed by atoms with Crippen molar-refractivity contribution in [1.82, 2.24) is 15.2 Å². The van der Waals surface area contributed by atoms with Crippen LogP contribution in [0, 0.1) is 11.8 Å². The number of hydrogen-bond donors (Lipinski definition) is 1. The summed E-state index contributed by atoms with van der Waals surface area (Å²) in [5.74, 6) is 0.639. The van der Waals surface area contributed by atoms with Crippen LogP contribution in [0.3, 0.4) is 0 Å². The summed E-state index contributed by atoms with van der Waals surface area (Å²) in [6, 6.07) is 6.05. The Kier molecular flexibility index (Phi) is 6.85. The van der Waals surface area contributed by atoms with Crippen LogP contribution in [0.2, 0.25) is 0 Å². The molecule has 1 N–H and O–H groups in total. The minimum Gasteiger partial charge on any atom is -0.370 e. The first-order valence-corrected chi connectivity index (χ1v) is 10.3. The number of hydrogen-bond acceptors (Lipinski definition) is 4. The molecule has 0 saturated carbocycles. The molecular formula is C22H29F3N4O. The van der Waals surface area contributed by atoms with Gasteiger partial charge >= 0.3 is 6.18 Å². The van der Waals surface area contributed by atoms with Crippen molar-refractivity contribution in [3.05, 3.63) is 36.0 Å². The number of piperidine rings is 1. The summed E-state index contributed by atoms with van der Waals surface area (Å²) in [4.78, 5) is 20.2. The van der Waals surface area contributed by atoms with Gasteiger partial charge in [0.15, 0.2) is 0 Å². The minimum absolute atomic E-state index is 0.0192. The Bertz CT molecular complexity index is 884. The molecule has 0 bridgehead atoms. The molecule has 0 radical (unpaired) electrons. The Labute approximate surface area is 175 Å². The van der Waals surface area contributed by atoms with Crippen LogP contribution in [-0.4, -0.2) is 56.1 Å². The molecule has 2 heterocycles. The summed E-state index contributed by atoms with van der Waals surface area (Å²) in [6.45, 7) is 4.86. The molecule has 1 amide bonds. The van der Waals surface area contributed by atoms with Gasteiger partial charge in [-0.2, -0.15) is 13.2 Å². The van der Waals surface area contributed by atoms with E-state index < -0.39 is 11.7 Å². The number of pyridine rings is 1. The van der Waals surface area contributed by atoms with Crippen molar-refractivity contribution in [2.24, 2.45) is 11.8 Å². The van der Waals surface area contributed by atoms with Crippen molar-refractivity contribution in [1.29, 1.82) is 0 Å². The molecule has 30 heavy (non-hydrogen) atoms. The fourth-order valence-corrected chi connectivity index (χ4v) is 4.16. The average Bonchev–Trinajstić information content (AvgIpc) is 2.68. The number of fused-ring (bicyclic) bond motifs is 1. The number of alkyl halides is 3. The molecule has 1 saturated heterocycles. The average molecular weight is 422 g/mol. The molecule has 1 unspecified atom stereocenters. The van der Waals surface area contributed by atoms with Crippen LogP contribution in [-0.2, 0) is 11.0 Å². The maximum Gasteiger partial charge on any atom is 0.418 e. The van der Waals surface area contributed by atoms with Crippen LogP contribution in [0.5, 0.6) is 0 Å². The van der Waals surface area contributed by atoms with Gasteiger partial charge in [-0.15, -0.1) is 0 Å². The number of halogens is 3. The van der Waals surface area contributed by atoms with E-state index in [1.807, 2.05) is 19.0 Å². The number of rotatable bonds is 6. The van der Waals surface area contributed by atoms with Crippen LogP contribution >= 0.6 is 0 Å². The number of anilines is 1. The molecule has 1 aliphatic rings. The number of amides is 1. The van der Waals surface area contributed by atoms with Crippen molar-refractivity contribution in [3.63, 3.8) is 0 Å². The molecule has 3 rings (SSSR count). The smallest absolute Gasteiger partial charge is 0.370 e. The fraction of sp³-hybridized carbons (Fsp3) is 0.545. The number of nitrogens with zero attached hydrogens (tertiary/aromatic N) is 3. The van der Waals surface area contributed by atoms with Gasteiger partial charge in [-0.25, -0.2) is 0 Å². The van der Waals surface area contributed by atoms with Gasteiger partial charge in [-0.3, -0.25) is 9.78 Å². The molecule has 1 aromatic carbocycles. The van der Waals surface area contributed by atoms with Crippen molar-refractivity contribution in [2.45, 2.75) is 25.9 Å². The van der Waals surface area contributed by atoms with Gasteiger partial charge in [0.25, 0.3) is 0 Å². The normalized spacial score (nSPS) is 20.0. The molecule has 5 nitrogen and oxygen atoms in total. The van der Waals surface area contributed by atoms with Crippen LogP contribution in [0.15, 0.2) is 30.5 Å². The number of aromatic nitrogens is 1. The summed E-state index contributed by atoms with van der Waals surface area (Å²) >= 11 is 0. The van der Waals surface area contributed by atoms with Gasteiger partial charge < -0.3 is 15.1 Å². The van der Waals surface area contributed by atoms with Gasteiger partial charge in [0.05, 0.1) is 11.1 Å². The minimum atomic E-state index is -4.44. The zero-order valence-corrected chi connectivity index (χ0v) is 17.7. The highest BCUT2D eigenvalue weighted by atomic mass is 19.4. The molecular weight excluding hydrogens is 393 g/mol. The highest BCUT2D eigenvalue weighted by Crippen LogP contribution is 2.38. The Morgan fingerprint density at radius 2 is 2.03 bits per heavy atom. The van der Waals surface area contributed by atoms with E-state index >= 15 is 0 Å². The van der Waals surface area contributed by atoms with Crippen molar-refractivity contribution in [3.8, 4) is 0 Å². The first-order valence-electron chi connectivity index (χ1n) is 10.3. The van der Waals surface area contributed by atoms with Crippen molar-refractivity contribution < 1.29 is 18.0 Å². The Balaban J connectivity index is 1.77. The summed E-state index contributed by atoms with van der Waals surface area (Å²) in [5.41, 5.74) is 0.0347. The van der Waals surface area contributed by atoms with Gasteiger partial charge in [-0.05, 0) is 56.6 Å². The van der Waals surface area contributed by atoms with E-state index in [1.165, 1.54) is 6.20 Å². The van der Waals surface area contributed by atoms with Crippen LogP contribution in [0.1, 0.15) is 25.3 Å². The zero-order valence-electron chi connectivity index (χ0n) is 17.7. The second-order valence-electron chi connectivity index (χ2n) is 8.50. The monoisotopic (exact) mass is 422 g/mol. The first-order chi connectivity index (χ1) is 14.1. The van der Waals surface area contributed by atoms with E-state index in [0.29, 0.717) is 37.4 Å². The fourth-order valence-electron chi connectivity index (χ4n) is 4.16. The molecule has 8 heteroatoms. The van der Waals surface area contributed by atoms with Gasteiger partial charge in [0.1, 0.15) is 0 Å². The Hall–Kier alpha value is -2.35. The lowest BCUT2D eigenvalue weighted by atomic mass is 9.89. The second-order valence-corrected chi connectivity index (χ2v) is 8.50. The molecule has 164 valence electrons. The number of nitrogens with one attached hydrogen (secondary N) is 1. The van der Waals surface area contributed by atoms with Crippen molar-refractivity contribution >= 4 is 22.5 Å². The molecule has 2 aromatic rings. The first kappa shape index (κ1) is 22.3. The standard InChI is InChI=1S/C22H29F3N4O/c1-15-11-16(12-27-20(30)8-10-28(2)3)14-29(13-15)19-7-6-18(22(23,24)25)21-17(19)5-4-9-26-21/h4-7,9,15-16H,8,10-14H2,1-3H3,(H,27,30)/t15-,16?/m0/s1. The van der Waals surface area contributed by atoms with Crippen LogP contribution < -0.4 is 10.2 Å². The number of carbonyl (C=O) groups is 1. The SMILES string of the molecule is C[C@H]1CC(CNC(=O)CCN(C)C)CN(c2ccc(C(F)(F)F)c3ncccc23)C1. The van der Waals surface area contributed by atoms with E-state index in [1.54, 1.807) is 18.2 Å². The quantitative estimate of drug-likeness (QED) is 0.770. The number of carbonyl (C=O) groups excluding carboxylic acids is 1. The molecule has 1 aliphatic heterocycles. The molecule has 1 fully saturated rings. The summed E-state index contributed by atoms with van der Waals surface area (Å²) in [5, 5.41) is 3.52. The van der Waals surface area contributed by atoms with E-state index in [2.05, 4.69) is 22.1 Å². The predicted octanol–water partition coefficient (Wildman–Crippen LogP) is 3.78. The maximum absolute atomic E-state index is 13.4. The lowest BCUT2D eigenvalue weighted by Crippen LogP contribution is -2.44. The predicted molar refractivity (Wildman–Crippen MR) is 112 cm³/mol. The lowest BCUT2D eigenvalue weighted by Gasteiger charge is -2.38. The third-order valence-corrected chi connectivity index (χ3v) is 5.51. The summed E-state index contributed by atoms with van der Waals surface area (Å²) < 4.78 is 40.2. The Morgan fingerprint density at radius 3 is 2.73 bits per heavy atom. The highest BCUT2D eigenvalue weighted by Gasteiger charge is 2.34. The van der Waals surface area contributed by atoms with E-state index in [0.717, 1.165) is 24.7 Å². The van der Waals surface area contributed by atoms with E-state index in [-0.39, 0.29) is 17.3 Å². The van der Waals surface area contributed by atoms with Crippen LogP contribution in [0.4, 0.5) is 18.9 Å². The zero-order chi connectivity index (χ0) is 21.9. The third-order valence-electron chi connectivity index (χ3n) is 5.51. The number of benzene rings is 1. The van der Waals surface area contributed by atoms with E-state index in [4.69, 9.17) is 0 Å². The van der Waals surface area contributed by atoms with Gasteiger partial charge in [0.2, 0.25) is 5.91 Å². The second kappa shape index (κ2) is 9.20. The molecule has 2 atom stereocenters. The lowest BCUT2D eigenvalue weighted by molar-refractivity contribution is -0.136. The maximum atomic E-state index is 13.4. The van der Waals surface area contributed by atoms with Gasteiger partial charge in [0, 0.05) is 49.9 Å². The molecule has 1 aromatic heterocycles. The molecule has 0 spiro atoms. The topological polar surface area (TPSA) is 48.5 Å². The largest absolute Gasteiger partial charge is 0.418 e. The summed E-state index contributed by atoms with van der Waals surface area (Å²) in [6.07, 6.45) is -1.62.